The molecule has 4 rings (SSSR count). The van der Waals surface area contributed by atoms with Gasteiger partial charge in [-0.05, 0) is 39.3 Å². The quantitative estimate of drug-likeness (QED) is 0.276. The first-order valence-corrected chi connectivity index (χ1v) is 11.3. The second-order valence-electron chi connectivity index (χ2n) is 6.92. The van der Waals surface area contributed by atoms with Gasteiger partial charge in [0.05, 0.1) is 16.0 Å². The molecule has 4 aromatic rings. The highest BCUT2D eigenvalue weighted by Crippen LogP contribution is 2.42. The molecule has 1 aromatic carbocycles. The Balaban J connectivity index is 1.56. The van der Waals surface area contributed by atoms with E-state index < -0.39 is 5.25 Å². The smallest absolute Gasteiger partial charge is 0.277 e. The number of rotatable bonds is 6. The van der Waals surface area contributed by atoms with Gasteiger partial charge in [-0.15, -0.1) is 21.5 Å². The first kappa shape index (κ1) is 20.8. The van der Waals surface area contributed by atoms with Crippen LogP contribution in [0.1, 0.15) is 46.0 Å². The predicted molar refractivity (Wildman–Crippen MR) is 120 cm³/mol. The summed E-state index contributed by atoms with van der Waals surface area (Å²) in [4.78, 5) is 28.5. The summed E-state index contributed by atoms with van der Waals surface area (Å²) in [7, 11) is 0. The van der Waals surface area contributed by atoms with Crippen LogP contribution in [0, 0.1) is 13.8 Å². The molecule has 0 aliphatic carbocycles. The lowest BCUT2D eigenvalue weighted by Gasteiger charge is -2.07. The van der Waals surface area contributed by atoms with Crippen LogP contribution in [-0.2, 0) is 0 Å². The lowest BCUT2D eigenvalue weighted by atomic mass is 10.0. The maximum atomic E-state index is 12.9. The van der Waals surface area contributed by atoms with Crippen LogP contribution in [-0.4, -0.2) is 32.0 Å². The number of carbonyl (C=O) groups excluding carboxylic acids is 2. The molecule has 6 nitrogen and oxygen atoms in total. The number of nitrogens with zero attached hydrogens (tertiary/aromatic N) is 2. The molecule has 1 unspecified atom stereocenters. The lowest BCUT2D eigenvalue weighted by molar-refractivity contribution is 0.0988. The summed E-state index contributed by atoms with van der Waals surface area (Å²) in [5.74, 6) is 0.129. The van der Waals surface area contributed by atoms with E-state index in [-0.39, 0.29) is 16.8 Å². The normalized spacial score (nSPS) is 12.4. The van der Waals surface area contributed by atoms with Gasteiger partial charge < -0.3 is 9.40 Å². The molecule has 3 aromatic heterocycles. The van der Waals surface area contributed by atoms with E-state index in [1.807, 2.05) is 24.3 Å². The molecule has 0 aliphatic rings. The number of thioether (sulfide) groups is 1. The summed E-state index contributed by atoms with van der Waals surface area (Å²) in [6.07, 6.45) is 0. The summed E-state index contributed by atoms with van der Waals surface area (Å²) < 4.78 is 6.82. The van der Waals surface area contributed by atoms with Crippen LogP contribution in [0.4, 0.5) is 0 Å². The van der Waals surface area contributed by atoms with Gasteiger partial charge in [-0.2, -0.15) is 0 Å². The van der Waals surface area contributed by atoms with Gasteiger partial charge in [0.25, 0.3) is 11.1 Å². The third-order valence-corrected chi connectivity index (χ3v) is 7.42. The second-order valence-corrected chi connectivity index (χ2v) is 9.64. The van der Waals surface area contributed by atoms with Crippen molar-refractivity contribution in [1.29, 1.82) is 0 Å². The van der Waals surface area contributed by atoms with Gasteiger partial charge in [-0.1, -0.05) is 41.6 Å². The van der Waals surface area contributed by atoms with Gasteiger partial charge >= 0.3 is 0 Å². The SMILES string of the molecule is CC(=O)c1c(C)[nH]c(C(=O)C(C)Sc2nnc(-c3sc4ccccc4c3Cl)o2)c1C. The summed E-state index contributed by atoms with van der Waals surface area (Å²) in [6.45, 7) is 6.83. The second kappa shape index (κ2) is 8.02. The molecule has 0 spiro atoms. The van der Waals surface area contributed by atoms with Crippen LogP contribution in [0.5, 0.6) is 0 Å². The topological polar surface area (TPSA) is 88.9 Å². The number of hydrogen-bond acceptors (Lipinski definition) is 7. The van der Waals surface area contributed by atoms with Gasteiger partial charge in [0.15, 0.2) is 11.6 Å². The molecule has 154 valence electrons. The fraction of sp³-hybridized carbons (Fsp3) is 0.238. The highest BCUT2D eigenvalue weighted by Gasteiger charge is 2.26. The minimum Gasteiger partial charge on any atom is -0.410 e. The number of H-pyrrole nitrogens is 1. The molecule has 0 saturated heterocycles. The number of thiophene rings is 1. The van der Waals surface area contributed by atoms with Crippen molar-refractivity contribution in [3.8, 4) is 10.8 Å². The molecule has 1 atom stereocenters. The maximum absolute atomic E-state index is 12.9. The molecule has 0 aliphatic heterocycles. The number of fused-ring (bicyclic) bond motifs is 1. The van der Waals surface area contributed by atoms with Crippen molar-refractivity contribution in [2.24, 2.45) is 0 Å². The van der Waals surface area contributed by atoms with Crippen LogP contribution in [0.25, 0.3) is 20.9 Å². The number of aromatic nitrogens is 3. The van der Waals surface area contributed by atoms with E-state index in [1.165, 1.54) is 30.0 Å². The molecule has 0 bridgehead atoms. The van der Waals surface area contributed by atoms with Crippen LogP contribution in [0.3, 0.4) is 0 Å². The summed E-state index contributed by atoms with van der Waals surface area (Å²) in [6, 6.07) is 7.80. The van der Waals surface area contributed by atoms with Crippen LogP contribution < -0.4 is 0 Å². The van der Waals surface area contributed by atoms with E-state index in [9.17, 15) is 9.59 Å². The molecule has 0 radical (unpaired) electrons. The Hall–Kier alpha value is -2.42. The van der Waals surface area contributed by atoms with Gasteiger partial charge in [-0.3, -0.25) is 9.59 Å². The molecule has 0 fully saturated rings. The van der Waals surface area contributed by atoms with Gasteiger partial charge in [0, 0.05) is 21.3 Å². The lowest BCUT2D eigenvalue weighted by Crippen LogP contribution is -2.15. The Morgan fingerprint density at radius 3 is 2.63 bits per heavy atom. The monoisotopic (exact) mass is 459 g/mol. The number of nitrogens with one attached hydrogen (secondary N) is 1. The first-order valence-electron chi connectivity index (χ1n) is 9.19. The molecule has 0 saturated carbocycles. The fourth-order valence-corrected chi connectivity index (χ4v) is 5.61. The average molecular weight is 460 g/mol. The minimum atomic E-state index is -0.479. The third kappa shape index (κ3) is 3.59. The summed E-state index contributed by atoms with van der Waals surface area (Å²) in [5.41, 5.74) is 2.36. The Kier molecular flexibility index (Phi) is 5.57. The number of Topliss-reactive ketones (excluding diaryl/α,β-unsaturated/α-hetero) is 2. The molecule has 1 N–H and O–H groups in total. The predicted octanol–water partition coefficient (Wildman–Crippen LogP) is 6.12. The van der Waals surface area contributed by atoms with E-state index in [4.69, 9.17) is 16.0 Å². The first-order chi connectivity index (χ1) is 14.3. The number of halogens is 1. The summed E-state index contributed by atoms with van der Waals surface area (Å²) >= 11 is 9.14. The molecule has 3 heterocycles. The van der Waals surface area contributed by atoms with Crippen molar-refractivity contribution in [2.75, 3.05) is 0 Å². The number of aromatic amines is 1. The molecular weight excluding hydrogens is 442 g/mol. The molecule has 30 heavy (non-hydrogen) atoms. The Morgan fingerprint density at radius 2 is 1.97 bits per heavy atom. The van der Waals surface area contributed by atoms with E-state index >= 15 is 0 Å². The standard InChI is InChI=1S/C21H18ClN3O3S2/c1-9-15(11(3)26)10(2)23-17(9)18(27)12(4)29-21-25-24-20(28-21)19-16(22)13-7-5-6-8-14(13)30-19/h5-8,12,23H,1-4H3. The fourth-order valence-electron chi connectivity index (χ4n) is 3.43. The van der Waals surface area contributed by atoms with Gasteiger partial charge in [0.1, 0.15) is 4.88 Å². The number of carbonyl (C=O) groups is 2. The number of benzene rings is 1. The average Bonchev–Trinajstić information content (AvgIpc) is 3.37. The van der Waals surface area contributed by atoms with Crippen LogP contribution in [0.2, 0.25) is 5.02 Å². The zero-order chi connectivity index (χ0) is 21.6. The van der Waals surface area contributed by atoms with Gasteiger partial charge in [0.2, 0.25) is 0 Å². The maximum Gasteiger partial charge on any atom is 0.277 e. The van der Waals surface area contributed by atoms with Crippen LogP contribution in [0.15, 0.2) is 33.9 Å². The Morgan fingerprint density at radius 1 is 1.23 bits per heavy atom. The molecule has 0 amide bonds. The van der Waals surface area contributed by atoms with Crippen molar-refractivity contribution in [1.82, 2.24) is 15.2 Å². The van der Waals surface area contributed by atoms with Crippen molar-refractivity contribution < 1.29 is 14.0 Å². The largest absolute Gasteiger partial charge is 0.410 e. The Labute approximate surface area is 186 Å². The van der Waals surface area contributed by atoms with E-state index in [0.29, 0.717) is 38.3 Å². The third-order valence-electron chi connectivity index (χ3n) is 4.82. The van der Waals surface area contributed by atoms with E-state index in [0.717, 1.165) is 10.1 Å². The summed E-state index contributed by atoms with van der Waals surface area (Å²) in [5, 5.41) is 9.50. The highest BCUT2D eigenvalue weighted by molar-refractivity contribution is 8.00. The number of hydrogen-bond donors (Lipinski definition) is 1. The Bertz CT molecular complexity index is 1290. The molecular formula is C21H18ClN3O3S2. The van der Waals surface area contributed by atoms with E-state index in [2.05, 4.69) is 15.2 Å². The van der Waals surface area contributed by atoms with Crippen molar-refractivity contribution in [3.05, 3.63) is 51.8 Å². The highest BCUT2D eigenvalue weighted by atomic mass is 35.5. The number of ketones is 2. The van der Waals surface area contributed by atoms with Gasteiger partial charge in [-0.25, -0.2) is 0 Å². The number of aryl methyl sites for hydroxylation is 1. The van der Waals surface area contributed by atoms with Crippen molar-refractivity contribution in [2.45, 2.75) is 38.2 Å². The van der Waals surface area contributed by atoms with Crippen molar-refractivity contribution in [3.63, 3.8) is 0 Å². The minimum absolute atomic E-state index is 0.0673. The zero-order valence-corrected chi connectivity index (χ0v) is 19.1. The van der Waals surface area contributed by atoms with Crippen LogP contribution >= 0.6 is 34.7 Å². The zero-order valence-electron chi connectivity index (χ0n) is 16.7. The van der Waals surface area contributed by atoms with E-state index in [1.54, 1.807) is 20.8 Å². The van der Waals surface area contributed by atoms with Crippen molar-refractivity contribution >= 4 is 56.4 Å². The molecule has 9 heteroatoms.